The topological polar surface area (TPSA) is 83.8 Å². The van der Waals surface area contributed by atoms with E-state index in [0.717, 1.165) is 17.0 Å². The highest BCUT2D eigenvalue weighted by atomic mass is 79.9. The summed E-state index contributed by atoms with van der Waals surface area (Å²) >= 11 is 3.13. The molecule has 4 rings (SSSR count). The standard InChI is InChI=1S/C28H35BrFN3O5/c1-28(2,3)19-11-16(12-20(25(19)37-5)32-9-7-18(34)8-10-32)21(35)15-33-14-17-13-22(36-4)26(38-6)24(30)23(17)27(33)31-29/h11-13,18,34H,7-10,14-15H2,1-6H3. The van der Waals surface area contributed by atoms with Crippen molar-refractivity contribution in [3.05, 3.63) is 46.3 Å². The van der Waals surface area contributed by atoms with Crippen LogP contribution in [0.4, 0.5) is 10.1 Å². The minimum atomic E-state index is -0.580. The Bertz CT molecular complexity index is 1250. The van der Waals surface area contributed by atoms with Gasteiger partial charge in [-0.25, -0.2) is 4.39 Å². The van der Waals surface area contributed by atoms with Gasteiger partial charge in [-0.3, -0.25) is 4.79 Å². The van der Waals surface area contributed by atoms with E-state index in [1.807, 2.05) is 12.1 Å². The van der Waals surface area contributed by atoms with Gasteiger partial charge in [-0.1, -0.05) is 20.8 Å². The number of carbonyl (C=O) groups is 1. The van der Waals surface area contributed by atoms with Crippen molar-refractivity contribution >= 4 is 33.5 Å². The number of rotatable bonds is 7. The highest BCUT2D eigenvalue weighted by molar-refractivity contribution is 9.08. The zero-order chi connectivity index (χ0) is 27.8. The van der Waals surface area contributed by atoms with Gasteiger partial charge in [-0.2, -0.15) is 4.02 Å². The number of ketones is 1. The number of methoxy groups -OCH3 is 3. The number of aliphatic hydroxyl groups excluding tert-OH is 1. The first-order valence-electron chi connectivity index (χ1n) is 12.6. The van der Waals surface area contributed by atoms with Crippen molar-refractivity contribution in [2.45, 2.75) is 51.7 Å². The first-order valence-corrected chi connectivity index (χ1v) is 13.3. The average molecular weight is 593 g/mol. The summed E-state index contributed by atoms with van der Waals surface area (Å²) in [5, 5.41) is 10.0. The molecule has 0 saturated carbocycles. The molecule has 0 bridgehead atoms. The van der Waals surface area contributed by atoms with Gasteiger partial charge in [0.1, 0.15) is 11.6 Å². The Morgan fingerprint density at radius 2 is 1.76 bits per heavy atom. The molecule has 0 radical (unpaired) electrons. The molecule has 1 saturated heterocycles. The normalized spacial score (nSPS) is 17.1. The number of anilines is 1. The van der Waals surface area contributed by atoms with Crippen LogP contribution in [0.15, 0.2) is 22.2 Å². The number of Topliss-reactive ketones (excluding diaryl/α,β-unsaturated/α-hetero) is 1. The second-order valence-electron chi connectivity index (χ2n) is 10.7. The molecular weight excluding hydrogens is 557 g/mol. The van der Waals surface area contributed by atoms with Gasteiger partial charge in [0, 0.05) is 30.8 Å². The lowest BCUT2D eigenvalue weighted by Crippen LogP contribution is -2.36. The number of aliphatic hydroxyl groups is 1. The lowest BCUT2D eigenvalue weighted by molar-refractivity contribution is 0.0962. The molecule has 2 heterocycles. The number of carbonyl (C=O) groups excluding carboxylic acids is 1. The first kappa shape index (κ1) is 28.2. The molecule has 0 amide bonds. The van der Waals surface area contributed by atoms with Gasteiger partial charge in [-0.05, 0) is 42.0 Å². The molecule has 0 aromatic heterocycles. The van der Waals surface area contributed by atoms with Crippen LogP contribution in [-0.2, 0) is 12.0 Å². The highest BCUT2D eigenvalue weighted by Gasteiger charge is 2.35. The van der Waals surface area contributed by atoms with E-state index >= 15 is 4.39 Å². The molecule has 0 spiro atoms. The quantitative estimate of drug-likeness (QED) is 0.460. The van der Waals surface area contributed by atoms with Crippen molar-refractivity contribution in [1.82, 2.24) is 4.90 Å². The van der Waals surface area contributed by atoms with Crippen molar-refractivity contribution in [1.29, 1.82) is 0 Å². The van der Waals surface area contributed by atoms with Crippen molar-refractivity contribution in [3.63, 3.8) is 0 Å². The van der Waals surface area contributed by atoms with E-state index in [1.165, 1.54) is 14.2 Å². The Labute approximate surface area is 231 Å². The second kappa shape index (κ2) is 11.1. The summed E-state index contributed by atoms with van der Waals surface area (Å²) in [4.78, 5) is 17.7. The fourth-order valence-corrected chi connectivity index (χ4v) is 5.59. The van der Waals surface area contributed by atoms with Gasteiger partial charge in [0.25, 0.3) is 0 Å². The third kappa shape index (κ3) is 5.20. The number of fused-ring (bicyclic) bond motifs is 1. The SMILES string of the molecule is COc1cc2c(c(F)c1OC)C(=NBr)N(CC(=O)c1cc(N3CCC(O)CC3)c(OC)c(C(C)(C)C)c1)C2. The van der Waals surface area contributed by atoms with Crippen LogP contribution in [0.25, 0.3) is 0 Å². The predicted octanol–water partition coefficient (Wildman–Crippen LogP) is 4.87. The first-order chi connectivity index (χ1) is 18.0. The van der Waals surface area contributed by atoms with Gasteiger partial charge in [0.05, 0.1) is 61.4 Å². The molecule has 206 valence electrons. The fraction of sp³-hybridized carbons (Fsp3) is 0.500. The van der Waals surface area contributed by atoms with Crippen molar-refractivity contribution in [3.8, 4) is 17.2 Å². The van der Waals surface area contributed by atoms with E-state index in [9.17, 15) is 9.90 Å². The summed E-state index contributed by atoms with van der Waals surface area (Å²) in [6.45, 7) is 7.88. The molecule has 38 heavy (non-hydrogen) atoms. The van der Waals surface area contributed by atoms with Crippen LogP contribution >= 0.6 is 16.1 Å². The van der Waals surface area contributed by atoms with E-state index < -0.39 is 5.82 Å². The van der Waals surface area contributed by atoms with Crippen LogP contribution in [0.5, 0.6) is 17.2 Å². The molecular formula is C28H35BrFN3O5. The number of hydrogen-bond acceptors (Lipinski definition) is 7. The molecule has 0 aliphatic carbocycles. The van der Waals surface area contributed by atoms with E-state index in [4.69, 9.17) is 14.2 Å². The predicted molar refractivity (Wildman–Crippen MR) is 149 cm³/mol. The summed E-state index contributed by atoms with van der Waals surface area (Å²) in [6, 6.07) is 5.48. The number of piperidine rings is 1. The number of halogens is 2. The second-order valence-corrected chi connectivity index (χ2v) is 11.0. The molecule has 2 aliphatic heterocycles. The average Bonchev–Trinajstić information content (AvgIpc) is 3.24. The van der Waals surface area contributed by atoms with Crippen molar-refractivity contribution in [2.75, 3.05) is 45.9 Å². The molecule has 2 aromatic carbocycles. The Balaban J connectivity index is 1.70. The van der Waals surface area contributed by atoms with Crippen molar-refractivity contribution < 1.29 is 28.5 Å². The Hall–Kier alpha value is -2.85. The molecule has 2 aromatic rings. The monoisotopic (exact) mass is 591 g/mol. The summed E-state index contributed by atoms with van der Waals surface area (Å²) < 4.78 is 35.9. The van der Waals surface area contributed by atoms with Crippen LogP contribution in [0.2, 0.25) is 0 Å². The van der Waals surface area contributed by atoms with Gasteiger partial charge in [-0.15, -0.1) is 0 Å². The lowest BCUT2D eigenvalue weighted by atomic mass is 9.84. The Morgan fingerprint density at radius 1 is 1.11 bits per heavy atom. The van der Waals surface area contributed by atoms with E-state index in [2.05, 4.69) is 45.8 Å². The molecule has 2 aliphatic rings. The van der Waals surface area contributed by atoms with Crippen LogP contribution < -0.4 is 19.1 Å². The van der Waals surface area contributed by atoms with Gasteiger partial charge in [0.15, 0.2) is 23.1 Å². The minimum absolute atomic E-state index is 0.00273. The fourth-order valence-electron chi connectivity index (χ4n) is 5.18. The van der Waals surface area contributed by atoms with Crippen LogP contribution in [-0.4, -0.2) is 68.7 Å². The Kier molecular flexibility index (Phi) is 8.23. The van der Waals surface area contributed by atoms with E-state index in [1.54, 1.807) is 18.1 Å². The zero-order valence-electron chi connectivity index (χ0n) is 22.7. The maximum atomic E-state index is 15.4. The molecule has 10 heteroatoms. The summed E-state index contributed by atoms with van der Waals surface area (Å²) in [6.07, 6.45) is 0.990. The highest BCUT2D eigenvalue weighted by Crippen LogP contribution is 2.42. The molecule has 0 atom stereocenters. The number of ether oxygens (including phenoxy) is 3. The molecule has 1 fully saturated rings. The number of benzene rings is 2. The van der Waals surface area contributed by atoms with Crippen LogP contribution in [0, 0.1) is 5.82 Å². The number of nitrogens with zero attached hydrogens (tertiary/aromatic N) is 3. The maximum Gasteiger partial charge on any atom is 0.197 e. The third-order valence-electron chi connectivity index (χ3n) is 7.20. The maximum absolute atomic E-state index is 15.4. The van der Waals surface area contributed by atoms with Crippen molar-refractivity contribution in [2.24, 2.45) is 4.02 Å². The number of amidine groups is 1. The number of hydrogen-bond donors (Lipinski definition) is 1. The Morgan fingerprint density at radius 3 is 2.32 bits per heavy atom. The summed E-state index contributed by atoms with van der Waals surface area (Å²) in [5.41, 5.74) is 2.96. The summed E-state index contributed by atoms with van der Waals surface area (Å²) in [7, 11) is 4.48. The summed E-state index contributed by atoms with van der Waals surface area (Å²) in [5.74, 6) is 0.632. The van der Waals surface area contributed by atoms with Gasteiger partial charge >= 0.3 is 0 Å². The smallest absolute Gasteiger partial charge is 0.197 e. The van der Waals surface area contributed by atoms with Gasteiger partial charge in [0.2, 0.25) is 0 Å². The zero-order valence-corrected chi connectivity index (χ0v) is 24.3. The molecule has 1 N–H and O–H groups in total. The minimum Gasteiger partial charge on any atom is -0.494 e. The van der Waals surface area contributed by atoms with E-state index in [0.29, 0.717) is 49.4 Å². The lowest BCUT2D eigenvalue weighted by Gasteiger charge is -2.35. The molecule has 8 nitrogen and oxygen atoms in total. The van der Waals surface area contributed by atoms with Gasteiger partial charge < -0.3 is 29.1 Å². The largest absolute Gasteiger partial charge is 0.494 e. The van der Waals surface area contributed by atoms with E-state index in [-0.39, 0.29) is 40.9 Å². The van der Waals surface area contributed by atoms with Crippen LogP contribution in [0.1, 0.15) is 60.7 Å². The molecule has 0 unspecified atom stereocenters. The third-order valence-corrected chi connectivity index (χ3v) is 7.54. The van der Waals surface area contributed by atoms with Crippen LogP contribution in [0.3, 0.4) is 0 Å².